The summed E-state index contributed by atoms with van der Waals surface area (Å²) in [5, 5.41) is 13.3. The van der Waals surface area contributed by atoms with Crippen molar-refractivity contribution in [3.05, 3.63) is 58.7 Å². The number of nitrogens with one attached hydrogen (secondary N) is 1. The molecule has 0 spiro atoms. The number of aromatic hydroxyl groups is 1. The third-order valence-electron chi connectivity index (χ3n) is 3.85. The van der Waals surface area contributed by atoms with E-state index in [0.29, 0.717) is 19.0 Å². The van der Waals surface area contributed by atoms with Gasteiger partial charge < -0.3 is 15.2 Å². The highest BCUT2D eigenvalue weighted by atomic mass is 16.5. The Hall–Kier alpha value is -2.00. The lowest BCUT2D eigenvalue weighted by molar-refractivity contribution is 0.0970. The molecular weight excluding hydrogens is 250 g/mol. The predicted octanol–water partition coefficient (Wildman–Crippen LogP) is 3.69. The van der Waals surface area contributed by atoms with E-state index in [2.05, 4.69) is 23.5 Å². The molecule has 3 heteroatoms. The second kappa shape index (κ2) is 5.17. The van der Waals surface area contributed by atoms with Gasteiger partial charge in [0.2, 0.25) is 0 Å². The summed E-state index contributed by atoms with van der Waals surface area (Å²) in [7, 11) is 0. The Bertz CT molecular complexity index is 637. The van der Waals surface area contributed by atoms with Crippen LogP contribution < -0.4 is 5.32 Å². The normalized spacial score (nSPS) is 17.6. The first kappa shape index (κ1) is 13.0. The van der Waals surface area contributed by atoms with Gasteiger partial charge in [-0.15, -0.1) is 0 Å². The minimum atomic E-state index is 0.155. The lowest BCUT2D eigenvalue weighted by Crippen LogP contribution is -2.23. The minimum Gasteiger partial charge on any atom is -0.508 e. The summed E-state index contributed by atoms with van der Waals surface area (Å²) in [6.07, 6.45) is 0. The van der Waals surface area contributed by atoms with Gasteiger partial charge in [-0.25, -0.2) is 0 Å². The van der Waals surface area contributed by atoms with Crippen LogP contribution in [0.15, 0.2) is 36.4 Å². The number of fused-ring (bicyclic) bond motifs is 1. The molecule has 0 saturated carbocycles. The molecule has 0 radical (unpaired) electrons. The molecule has 1 aliphatic rings. The summed E-state index contributed by atoms with van der Waals surface area (Å²) in [5.41, 5.74) is 5.50. The van der Waals surface area contributed by atoms with Crippen LogP contribution >= 0.6 is 0 Å². The largest absolute Gasteiger partial charge is 0.508 e. The summed E-state index contributed by atoms with van der Waals surface area (Å²) in [6.45, 7) is 5.25. The summed E-state index contributed by atoms with van der Waals surface area (Å²) in [6, 6.07) is 12.3. The van der Waals surface area contributed by atoms with Crippen molar-refractivity contribution in [3.63, 3.8) is 0 Å². The molecule has 1 atom stereocenters. The minimum absolute atomic E-state index is 0.155. The van der Waals surface area contributed by atoms with E-state index in [1.807, 2.05) is 26.0 Å². The van der Waals surface area contributed by atoms with Gasteiger partial charge in [-0.2, -0.15) is 0 Å². The van der Waals surface area contributed by atoms with E-state index >= 15 is 0 Å². The molecule has 0 saturated heterocycles. The van der Waals surface area contributed by atoms with E-state index in [1.54, 1.807) is 6.07 Å². The number of hydrogen-bond donors (Lipinski definition) is 2. The van der Waals surface area contributed by atoms with Crippen LogP contribution in [-0.4, -0.2) is 11.7 Å². The van der Waals surface area contributed by atoms with Crippen LogP contribution in [0.25, 0.3) is 0 Å². The van der Waals surface area contributed by atoms with Crippen LogP contribution in [0, 0.1) is 13.8 Å². The lowest BCUT2D eigenvalue weighted by Gasteiger charge is -2.28. The summed E-state index contributed by atoms with van der Waals surface area (Å²) in [4.78, 5) is 0. The highest BCUT2D eigenvalue weighted by Gasteiger charge is 2.20. The van der Waals surface area contributed by atoms with Gasteiger partial charge in [-0.1, -0.05) is 24.3 Å². The number of aryl methyl sites for hydroxylation is 2. The SMILES string of the molecule is Cc1cc(NC2COCc3ccccc32)c(C)cc1O. The first-order chi connectivity index (χ1) is 9.65. The van der Waals surface area contributed by atoms with Crippen LogP contribution in [0.5, 0.6) is 5.75 Å². The van der Waals surface area contributed by atoms with Gasteiger partial charge in [0, 0.05) is 5.69 Å². The molecule has 2 aromatic carbocycles. The van der Waals surface area contributed by atoms with Gasteiger partial charge in [-0.05, 0) is 48.2 Å². The average Bonchev–Trinajstić information content (AvgIpc) is 2.45. The zero-order valence-electron chi connectivity index (χ0n) is 11.8. The fourth-order valence-corrected chi connectivity index (χ4v) is 2.65. The molecular formula is C17H19NO2. The summed E-state index contributed by atoms with van der Waals surface area (Å²) >= 11 is 0. The second-order valence-electron chi connectivity index (χ2n) is 5.36. The van der Waals surface area contributed by atoms with E-state index < -0.39 is 0 Å². The monoisotopic (exact) mass is 269 g/mol. The van der Waals surface area contributed by atoms with Crippen molar-refractivity contribution in [2.24, 2.45) is 0 Å². The van der Waals surface area contributed by atoms with Gasteiger partial charge in [0.15, 0.2) is 0 Å². The van der Waals surface area contributed by atoms with Crippen molar-refractivity contribution in [2.45, 2.75) is 26.5 Å². The first-order valence-electron chi connectivity index (χ1n) is 6.87. The third kappa shape index (κ3) is 2.37. The van der Waals surface area contributed by atoms with E-state index in [9.17, 15) is 5.11 Å². The van der Waals surface area contributed by atoms with Crippen molar-refractivity contribution in [1.82, 2.24) is 0 Å². The highest BCUT2D eigenvalue weighted by molar-refractivity contribution is 5.58. The first-order valence-corrected chi connectivity index (χ1v) is 6.87. The fraction of sp³-hybridized carbons (Fsp3) is 0.294. The van der Waals surface area contributed by atoms with Crippen molar-refractivity contribution in [2.75, 3.05) is 11.9 Å². The molecule has 0 amide bonds. The number of anilines is 1. The number of phenolic OH excluding ortho intramolecular Hbond substituents is 1. The Morgan fingerprint density at radius 1 is 1.15 bits per heavy atom. The fourth-order valence-electron chi connectivity index (χ4n) is 2.65. The zero-order valence-corrected chi connectivity index (χ0v) is 11.8. The molecule has 104 valence electrons. The van der Waals surface area contributed by atoms with Gasteiger partial charge >= 0.3 is 0 Å². The molecule has 0 bridgehead atoms. The Balaban J connectivity index is 1.91. The summed E-state index contributed by atoms with van der Waals surface area (Å²) in [5.74, 6) is 0.341. The molecule has 1 unspecified atom stereocenters. The van der Waals surface area contributed by atoms with Crippen LogP contribution in [-0.2, 0) is 11.3 Å². The van der Waals surface area contributed by atoms with Crippen LogP contribution in [0.4, 0.5) is 5.69 Å². The van der Waals surface area contributed by atoms with Crippen molar-refractivity contribution < 1.29 is 9.84 Å². The van der Waals surface area contributed by atoms with Crippen molar-refractivity contribution in [3.8, 4) is 5.75 Å². The molecule has 0 aliphatic carbocycles. The molecule has 3 nitrogen and oxygen atoms in total. The Labute approximate surface area is 119 Å². The predicted molar refractivity (Wildman–Crippen MR) is 80.0 cm³/mol. The number of rotatable bonds is 2. The number of benzene rings is 2. The number of phenols is 1. The Morgan fingerprint density at radius 3 is 2.80 bits per heavy atom. The van der Waals surface area contributed by atoms with Gasteiger partial charge in [-0.3, -0.25) is 0 Å². The number of ether oxygens (including phenoxy) is 1. The molecule has 0 aromatic heterocycles. The standard InChI is InChI=1S/C17H19NO2/c1-11-8-17(19)12(2)7-15(11)18-16-10-20-9-13-5-3-4-6-14(13)16/h3-8,16,18-19H,9-10H2,1-2H3. The maximum absolute atomic E-state index is 9.74. The molecule has 1 aliphatic heterocycles. The van der Waals surface area contributed by atoms with Crippen LogP contribution in [0.3, 0.4) is 0 Å². The lowest BCUT2D eigenvalue weighted by atomic mass is 9.98. The molecule has 1 heterocycles. The molecule has 2 aromatic rings. The third-order valence-corrected chi connectivity index (χ3v) is 3.85. The van der Waals surface area contributed by atoms with E-state index in [1.165, 1.54) is 11.1 Å². The van der Waals surface area contributed by atoms with Crippen LogP contribution in [0.1, 0.15) is 28.3 Å². The van der Waals surface area contributed by atoms with E-state index in [4.69, 9.17) is 4.74 Å². The van der Waals surface area contributed by atoms with Crippen molar-refractivity contribution in [1.29, 1.82) is 0 Å². The maximum atomic E-state index is 9.74. The number of hydrogen-bond acceptors (Lipinski definition) is 3. The molecule has 3 rings (SSSR count). The highest BCUT2D eigenvalue weighted by Crippen LogP contribution is 2.31. The smallest absolute Gasteiger partial charge is 0.118 e. The van der Waals surface area contributed by atoms with Gasteiger partial charge in [0.25, 0.3) is 0 Å². The Kier molecular flexibility index (Phi) is 3.36. The van der Waals surface area contributed by atoms with Gasteiger partial charge in [0.1, 0.15) is 5.75 Å². The maximum Gasteiger partial charge on any atom is 0.118 e. The van der Waals surface area contributed by atoms with E-state index in [-0.39, 0.29) is 6.04 Å². The molecule has 0 fully saturated rings. The average molecular weight is 269 g/mol. The quantitative estimate of drug-likeness (QED) is 0.817. The van der Waals surface area contributed by atoms with Crippen LogP contribution in [0.2, 0.25) is 0 Å². The zero-order chi connectivity index (χ0) is 14.1. The summed E-state index contributed by atoms with van der Waals surface area (Å²) < 4.78 is 5.66. The Morgan fingerprint density at radius 2 is 1.95 bits per heavy atom. The van der Waals surface area contributed by atoms with Crippen molar-refractivity contribution >= 4 is 5.69 Å². The van der Waals surface area contributed by atoms with E-state index in [0.717, 1.165) is 16.8 Å². The molecule has 20 heavy (non-hydrogen) atoms. The molecule has 2 N–H and O–H groups in total. The topological polar surface area (TPSA) is 41.5 Å². The van der Waals surface area contributed by atoms with Gasteiger partial charge in [0.05, 0.1) is 19.3 Å². The second-order valence-corrected chi connectivity index (χ2v) is 5.36.